The highest BCUT2D eigenvalue weighted by Crippen LogP contribution is 2.15. The second kappa shape index (κ2) is 5.95. The lowest BCUT2D eigenvalue weighted by atomic mass is 10.3. The number of esters is 1. The average molecular weight is 248 g/mol. The van der Waals surface area contributed by atoms with Gasteiger partial charge in [0, 0.05) is 12.1 Å². The van der Waals surface area contributed by atoms with Crippen LogP contribution in [0.5, 0.6) is 0 Å². The molecule has 8 heteroatoms. The van der Waals surface area contributed by atoms with Gasteiger partial charge in [-0.2, -0.15) is 10.4 Å². The van der Waals surface area contributed by atoms with E-state index in [1.807, 2.05) is 0 Å². The van der Waals surface area contributed by atoms with Crippen molar-refractivity contribution in [2.45, 2.75) is 0 Å². The first-order valence-electron chi connectivity index (χ1n) is 4.65. The molecule has 0 fully saturated rings. The number of benzene rings is 1. The molecule has 0 heterocycles. The number of nitro benzene ring substituents is 1. The number of ether oxygens (including phenoxy) is 1. The molecule has 0 aliphatic carbocycles. The van der Waals surface area contributed by atoms with E-state index in [2.05, 4.69) is 15.3 Å². The summed E-state index contributed by atoms with van der Waals surface area (Å²) in [6.45, 7) is 0. The molecule has 8 nitrogen and oxygen atoms in total. The Morgan fingerprint density at radius 1 is 1.50 bits per heavy atom. The Balaban J connectivity index is 2.80. The molecular weight excluding hydrogens is 240 g/mol. The van der Waals surface area contributed by atoms with Crippen LogP contribution < -0.4 is 5.43 Å². The lowest BCUT2D eigenvalue weighted by Gasteiger charge is -2.00. The fraction of sp³-hybridized carbons (Fsp3) is 0.100. The van der Waals surface area contributed by atoms with E-state index in [9.17, 15) is 14.9 Å². The van der Waals surface area contributed by atoms with Crippen molar-refractivity contribution in [3.8, 4) is 6.07 Å². The van der Waals surface area contributed by atoms with E-state index in [0.29, 0.717) is 5.69 Å². The maximum absolute atomic E-state index is 11.0. The van der Waals surface area contributed by atoms with Crippen LogP contribution in [0.3, 0.4) is 0 Å². The van der Waals surface area contributed by atoms with Crippen LogP contribution in [0.2, 0.25) is 0 Å². The van der Waals surface area contributed by atoms with Gasteiger partial charge in [0.15, 0.2) is 0 Å². The van der Waals surface area contributed by atoms with E-state index in [4.69, 9.17) is 5.26 Å². The summed E-state index contributed by atoms with van der Waals surface area (Å²) in [6.07, 6.45) is 0. The number of hydrogen-bond acceptors (Lipinski definition) is 7. The predicted octanol–water partition coefficient (Wildman–Crippen LogP) is 1.06. The molecule has 0 aromatic heterocycles. The molecule has 0 amide bonds. The second-order valence-corrected chi connectivity index (χ2v) is 2.98. The van der Waals surface area contributed by atoms with E-state index in [0.717, 1.165) is 7.11 Å². The van der Waals surface area contributed by atoms with Gasteiger partial charge in [-0.3, -0.25) is 15.5 Å². The zero-order chi connectivity index (χ0) is 13.5. The van der Waals surface area contributed by atoms with E-state index >= 15 is 0 Å². The van der Waals surface area contributed by atoms with Gasteiger partial charge >= 0.3 is 5.97 Å². The summed E-state index contributed by atoms with van der Waals surface area (Å²) < 4.78 is 4.32. The van der Waals surface area contributed by atoms with Crippen molar-refractivity contribution in [1.82, 2.24) is 0 Å². The largest absolute Gasteiger partial charge is 0.464 e. The molecule has 0 spiro atoms. The standard InChI is InChI=1S/C10H8N4O4/c1-18-10(15)9(6-11)13-12-7-2-4-8(5-3-7)14(16)17/h2-5,12H,1H3. The lowest BCUT2D eigenvalue weighted by molar-refractivity contribution is -0.384. The van der Waals surface area contributed by atoms with E-state index in [1.54, 1.807) is 6.07 Å². The number of nitriles is 1. The number of methoxy groups -OCH3 is 1. The Hall–Kier alpha value is -2.95. The minimum Gasteiger partial charge on any atom is -0.464 e. The van der Waals surface area contributed by atoms with Gasteiger partial charge in [-0.05, 0) is 12.1 Å². The maximum Gasteiger partial charge on any atom is 0.369 e. The molecule has 0 aliphatic rings. The van der Waals surface area contributed by atoms with Gasteiger partial charge < -0.3 is 4.74 Å². The van der Waals surface area contributed by atoms with Crippen molar-refractivity contribution < 1.29 is 14.5 Å². The zero-order valence-corrected chi connectivity index (χ0v) is 9.28. The number of carbonyl (C=O) groups is 1. The van der Waals surface area contributed by atoms with Crippen LogP contribution in [-0.4, -0.2) is 23.7 Å². The van der Waals surface area contributed by atoms with Crippen LogP contribution in [0.1, 0.15) is 0 Å². The first-order chi connectivity index (χ1) is 8.58. The van der Waals surface area contributed by atoms with Crippen LogP contribution in [0.4, 0.5) is 11.4 Å². The monoisotopic (exact) mass is 248 g/mol. The van der Waals surface area contributed by atoms with Crippen LogP contribution in [0, 0.1) is 21.4 Å². The number of non-ortho nitro benzene ring substituents is 1. The second-order valence-electron chi connectivity index (χ2n) is 2.98. The Morgan fingerprint density at radius 2 is 2.11 bits per heavy atom. The molecule has 18 heavy (non-hydrogen) atoms. The van der Waals surface area contributed by atoms with E-state index in [1.165, 1.54) is 24.3 Å². The molecule has 0 radical (unpaired) electrons. The highest BCUT2D eigenvalue weighted by molar-refractivity contribution is 6.43. The van der Waals surface area contributed by atoms with Gasteiger partial charge in [-0.15, -0.1) is 0 Å². The number of anilines is 1. The molecule has 0 saturated heterocycles. The number of nitro groups is 1. The fourth-order valence-electron chi connectivity index (χ4n) is 0.991. The quantitative estimate of drug-likeness (QED) is 0.368. The predicted molar refractivity (Wildman–Crippen MR) is 61.8 cm³/mol. The van der Waals surface area contributed by atoms with E-state index < -0.39 is 16.6 Å². The van der Waals surface area contributed by atoms with Gasteiger partial charge in [0.25, 0.3) is 5.69 Å². The molecule has 1 N–H and O–H groups in total. The summed E-state index contributed by atoms with van der Waals surface area (Å²) in [5, 5.41) is 22.5. The molecule has 0 unspecified atom stereocenters. The third-order valence-electron chi connectivity index (χ3n) is 1.86. The van der Waals surface area contributed by atoms with Gasteiger partial charge in [0.2, 0.25) is 5.71 Å². The Bertz CT molecular complexity index is 530. The summed E-state index contributed by atoms with van der Waals surface area (Å²) in [6, 6.07) is 6.88. The van der Waals surface area contributed by atoms with Gasteiger partial charge in [0.1, 0.15) is 6.07 Å². The van der Waals surface area contributed by atoms with Crippen LogP contribution >= 0.6 is 0 Å². The summed E-state index contributed by atoms with van der Waals surface area (Å²) >= 11 is 0. The Labute approximate surface area is 102 Å². The SMILES string of the molecule is COC(=O)C(C#N)=NNc1ccc([N+](=O)[O-])cc1. The Kier molecular flexibility index (Phi) is 4.34. The third kappa shape index (κ3) is 3.28. The molecule has 0 bridgehead atoms. The highest BCUT2D eigenvalue weighted by atomic mass is 16.6. The lowest BCUT2D eigenvalue weighted by Crippen LogP contribution is -2.15. The van der Waals surface area contributed by atoms with Crippen molar-refractivity contribution in [2.24, 2.45) is 5.10 Å². The summed E-state index contributed by atoms with van der Waals surface area (Å²) in [5.74, 6) is -0.869. The van der Waals surface area contributed by atoms with Crippen molar-refractivity contribution in [2.75, 3.05) is 12.5 Å². The highest BCUT2D eigenvalue weighted by Gasteiger charge is 2.10. The maximum atomic E-state index is 11.0. The van der Waals surface area contributed by atoms with Crippen molar-refractivity contribution in [3.63, 3.8) is 0 Å². The fourth-order valence-corrected chi connectivity index (χ4v) is 0.991. The number of rotatable bonds is 4. The average Bonchev–Trinajstić information content (AvgIpc) is 2.39. The molecule has 1 rings (SSSR count). The number of nitrogens with one attached hydrogen (secondary N) is 1. The first-order valence-corrected chi connectivity index (χ1v) is 4.65. The first kappa shape index (κ1) is 13.1. The number of nitrogens with zero attached hydrogens (tertiary/aromatic N) is 3. The molecule has 0 aliphatic heterocycles. The summed E-state index contributed by atoms with van der Waals surface area (Å²) in [5.41, 5.74) is 2.30. The molecule has 1 aromatic carbocycles. The van der Waals surface area contributed by atoms with Crippen LogP contribution in [0.15, 0.2) is 29.4 Å². The normalized spacial score (nSPS) is 10.3. The zero-order valence-electron chi connectivity index (χ0n) is 9.28. The molecule has 0 saturated carbocycles. The summed E-state index contributed by atoms with van der Waals surface area (Å²) in [7, 11) is 1.13. The third-order valence-corrected chi connectivity index (χ3v) is 1.86. The van der Waals surface area contributed by atoms with Crippen molar-refractivity contribution in [3.05, 3.63) is 34.4 Å². The molecule has 0 atom stereocenters. The van der Waals surface area contributed by atoms with Crippen LogP contribution in [-0.2, 0) is 9.53 Å². The number of carbonyl (C=O) groups excluding carboxylic acids is 1. The van der Waals surface area contributed by atoms with Crippen molar-refractivity contribution >= 4 is 23.1 Å². The number of hydrogen-bond donors (Lipinski definition) is 1. The van der Waals surface area contributed by atoms with E-state index in [-0.39, 0.29) is 5.69 Å². The molecular formula is C10H8N4O4. The van der Waals surface area contributed by atoms with Gasteiger partial charge in [0.05, 0.1) is 17.7 Å². The summed E-state index contributed by atoms with van der Waals surface area (Å²) in [4.78, 5) is 20.9. The topological polar surface area (TPSA) is 118 Å². The van der Waals surface area contributed by atoms with Gasteiger partial charge in [-0.1, -0.05) is 0 Å². The molecule has 1 aromatic rings. The minimum absolute atomic E-state index is 0.0713. The number of hydrazone groups is 1. The van der Waals surface area contributed by atoms with Crippen LogP contribution in [0.25, 0.3) is 0 Å². The smallest absolute Gasteiger partial charge is 0.369 e. The minimum atomic E-state index is -0.869. The Morgan fingerprint density at radius 3 is 2.56 bits per heavy atom. The van der Waals surface area contributed by atoms with Crippen molar-refractivity contribution in [1.29, 1.82) is 5.26 Å². The van der Waals surface area contributed by atoms with Gasteiger partial charge in [-0.25, -0.2) is 4.79 Å². The molecule has 92 valence electrons.